The number of nitrogens with one attached hydrogen (secondary N) is 1. The molecule has 0 aromatic heterocycles. The lowest BCUT2D eigenvalue weighted by atomic mass is 10.2. The third-order valence-corrected chi connectivity index (χ3v) is 6.94. The number of benzene rings is 3. The van der Waals surface area contributed by atoms with E-state index in [1.54, 1.807) is 0 Å². The SMILES string of the molecule is CCCCOC(=O)c1ccc(N2C(=O)C(Nc3ccc(F)c(Cl)c3)=C(Sc3ccc(C)cc3)C2=O)cc1. The number of unbranched alkanes of at least 4 members (excludes halogenated alkanes) is 1. The van der Waals surface area contributed by atoms with Crippen LogP contribution in [0, 0.1) is 12.7 Å². The van der Waals surface area contributed by atoms with Crippen molar-refractivity contribution in [2.75, 3.05) is 16.8 Å². The van der Waals surface area contributed by atoms with Crippen molar-refractivity contribution in [2.45, 2.75) is 31.6 Å². The molecular formula is C28H24ClFN2O4S. The molecule has 4 rings (SSSR count). The van der Waals surface area contributed by atoms with Gasteiger partial charge in [-0.1, -0.05) is 54.4 Å². The zero-order valence-electron chi connectivity index (χ0n) is 20.2. The zero-order valence-corrected chi connectivity index (χ0v) is 21.8. The fourth-order valence-electron chi connectivity index (χ4n) is 3.53. The highest BCUT2D eigenvalue weighted by Gasteiger charge is 2.40. The number of anilines is 2. The van der Waals surface area contributed by atoms with E-state index in [1.807, 2.05) is 38.1 Å². The van der Waals surface area contributed by atoms with Crippen molar-refractivity contribution in [1.29, 1.82) is 0 Å². The van der Waals surface area contributed by atoms with E-state index in [0.717, 1.165) is 40.0 Å². The molecule has 0 saturated carbocycles. The maximum atomic E-state index is 13.7. The molecule has 1 aliphatic heterocycles. The topological polar surface area (TPSA) is 75.7 Å². The van der Waals surface area contributed by atoms with Gasteiger partial charge >= 0.3 is 5.97 Å². The number of ether oxygens (including phenoxy) is 1. The van der Waals surface area contributed by atoms with Crippen LogP contribution in [-0.2, 0) is 14.3 Å². The lowest BCUT2D eigenvalue weighted by Crippen LogP contribution is -2.32. The van der Waals surface area contributed by atoms with Gasteiger partial charge in [0.05, 0.1) is 22.9 Å². The first-order chi connectivity index (χ1) is 17.8. The van der Waals surface area contributed by atoms with Crippen LogP contribution in [0.2, 0.25) is 5.02 Å². The standard InChI is InChI=1S/C28H24ClFN2O4S/c1-3-4-15-36-28(35)18-7-10-20(11-8-18)32-26(33)24(31-19-9-14-23(30)22(29)16-19)25(27(32)34)37-21-12-5-17(2)6-13-21/h5-14,16,31H,3-4,15H2,1-2H3. The van der Waals surface area contributed by atoms with Crippen molar-refractivity contribution in [3.05, 3.63) is 99.3 Å². The van der Waals surface area contributed by atoms with E-state index in [1.165, 1.54) is 42.5 Å². The largest absolute Gasteiger partial charge is 0.462 e. The Morgan fingerprint density at radius 2 is 1.73 bits per heavy atom. The van der Waals surface area contributed by atoms with Gasteiger partial charge in [-0.2, -0.15) is 0 Å². The molecule has 0 saturated heterocycles. The van der Waals surface area contributed by atoms with Crippen molar-refractivity contribution in [3.8, 4) is 0 Å². The molecule has 1 heterocycles. The van der Waals surface area contributed by atoms with Crippen LogP contribution in [0.25, 0.3) is 0 Å². The van der Waals surface area contributed by atoms with Crippen LogP contribution in [0.3, 0.4) is 0 Å². The fourth-order valence-corrected chi connectivity index (χ4v) is 4.64. The first kappa shape index (κ1) is 26.4. The van der Waals surface area contributed by atoms with Gasteiger partial charge in [-0.3, -0.25) is 9.59 Å². The van der Waals surface area contributed by atoms with Crippen LogP contribution in [-0.4, -0.2) is 24.4 Å². The van der Waals surface area contributed by atoms with Crippen molar-refractivity contribution < 1.29 is 23.5 Å². The van der Waals surface area contributed by atoms with E-state index in [2.05, 4.69) is 5.32 Å². The zero-order chi connectivity index (χ0) is 26.5. The second kappa shape index (κ2) is 11.6. The minimum Gasteiger partial charge on any atom is -0.462 e. The van der Waals surface area contributed by atoms with Gasteiger partial charge in [-0.05, 0) is 67.9 Å². The Balaban J connectivity index is 1.64. The molecule has 9 heteroatoms. The van der Waals surface area contributed by atoms with Gasteiger partial charge in [0.1, 0.15) is 16.4 Å². The van der Waals surface area contributed by atoms with Gasteiger partial charge in [-0.25, -0.2) is 14.1 Å². The summed E-state index contributed by atoms with van der Waals surface area (Å²) in [5.74, 6) is -2.18. The van der Waals surface area contributed by atoms with E-state index >= 15 is 0 Å². The fraction of sp³-hybridized carbons (Fsp3) is 0.179. The number of nitrogens with zero attached hydrogens (tertiary/aromatic N) is 1. The molecule has 3 aromatic rings. The molecule has 0 spiro atoms. The van der Waals surface area contributed by atoms with Crippen LogP contribution < -0.4 is 10.2 Å². The van der Waals surface area contributed by atoms with Crippen LogP contribution >= 0.6 is 23.4 Å². The molecule has 1 N–H and O–H groups in total. The second-order valence-corrected chi connectivity index (χ2v) is 9.85. The number of hydrogen-bond acceptors (Lipinski definition) is 6. The molecule has 0 bridgehead atoms. The van der Waals surface area contributed by atoms with E-state index in [9.17, 15) is 18.8 Å². The number of esters is 1. The summed E-state index contributed by atoms with van der Waals surface area (Å²) in [4.78, 5) is 41.2. The molecule has 0 unspecified atom stereocenters. The number of carbonyl (C=O) groups excluding carboxylic acids is 3. The van der Waals surface area contributed by atoms with E-state index in [4.69, 9.17) is 16.3 Å². The molecule has 0 fully saturated rings. The summed E-state index contributed by atoms with van der Waals surface area (Å²) in [5.41, 5.74) is 2.08. The van der Waals surface area contributed by atoms with Gasteiger partial charge in [-0.15, -0.1) is 0 Å². The Kier molecular flexibility index (Phi) is 8.31. The molecule has 37 heavy (non-hydrogen) atoms. The lowest BCUT2D eigenvalue weighted by Gasteiger charge is -2.16. The Labute approximate surface area is 223 Å². The van der Waals surface area contributed by atoms with Gasteiger partial charge in [0.2, 0.25) is 0 Å². The minimum absolute atomic E-state index is 0.0429. The monoisotopic (exact) mass is 538 g/mol. The summed E-state index contributed by atoms with van der Waals surface area (Å²) >= 11 is 7.06. The Hall–Kier alpha value is -3.62. The first-order valence-electron chi connectivity index (χ1n) is 11.7. The number of imide groups is 1. The summed E-state index contributed by atoms with van der Waals surface area (Å²) in [7, 11) is 0. The second-order valence-electron chi connectivity index (χ2n) is 8.36. The van der Waals surface area contributed by atoms with Crippen molar-refractivity contribution >= 4 is 52.5 Å². The predicted molar refractivity (Wildman–Crippen MR) is 143 cm³/mol. The van der Waals surface area contributed by atoms with E-state index in [0.29, 0.717) is 23.5 Å². The normalized spacial score (nSPS) is 13.4. The molecule has 3 aromatic carbocycles. The average molecular weight is 539 g/mol. The molecule has 190 valence electrons. The quantitative estimate of drug-likeness (QED) is 0.185. The third-order valence-electron chi connectivity index (χ3n) is 5.56. The van der Waals surface area contributed by atoms with Crippen molar-refractivity contribution in [3.63, 3.8) is 0 Å². The molecule has 0 atom stereocenters. The maximum Gasteiger partial charge on any atom is 0.338 e. The van der Waals surface area contributed by atoms with Crippen molar-refractivity contribution in [2.24, 2.45) is 0 Å². The molecule has 2 amide bonds. The number of hydrogen-bond donors (Lipinski definition) is 1. The highest BCUT2D eigenvalue weighted by Crippen LogP contribution is 2.38. The van der Waals surface area contributed by atoms with Crippen LogP contribution in [0.4, 0.5) is 15.8 Å². The van der Waals surface area contributed by atoms with Crippen LogP contribution in [0.5, 0.6) is 0 Å². The number of amides is 2. The van der Waals surface area contributed by atoms with E-state index in [-0.39, 0.29) is 15.6 Å². The van der Waals surface area contributed by atoms with Gasteiger partial charge in [0.25, 0.3) is 11.8 Å². The number of rotatable bonds is 9. The number of aryl methyl sites for hydroxylation is 1. The van der Waals surface area contributed by atoms with Crippen LogP contribution in [0.1, 0.15) is 35.7 Å². The van der Waals surface area contributed by atoms with Gasteiger partial charge < -0.3 is 10.1 Å². The summed E-state index contributed by atoms with van der Waals surface area (Å²) in [6.07, 6.45) is 1.67. The summed E-state index contributed by atoms with van der Waals surface area (Å²) in [5, 5.41) is 2.83. The van der Waals surface area contributed by atoms with Gasteiger partial charge in [0.15, 0.2) is 0 Å². The molecule has 6 nitrogen and oxygen atoms in total. The molecule has 1 aliphatic rings. The first-order valence-corrected chi connectivity index (χ1v) is 12.8. The maximum absolute atomic E-state index is 13.7. The highest BCUT2D eigenvalue weighted by molar-refractivity contribution is 8.04. The predicted octanol–water partition coefficient (Wildman–Crippen LogP) is 6.73. The summed E-state index contributed by atoms with van der Waals surface area (Å²) in [6.45, 7) is 4.28. The number of halogens is 2. The highest BCUT2D eigenvalue weighted by atomic mass is 35.5. The number of carbonyl (C=O) groups is 3. The number of thioether (sulfide) groups is 1. The van der Waals surface area contributed by atoms with Crippen LogP contribution in [0.15, 0.2) is 82.2 Å². The lowest BCUT2D eigenvalue weighted by molar-refractivity contribution is -0.120. The molecule has 0 radical (unpaired) electrons. The average Bonchev–Trinajstić information content (AvgIpc) is 3.11. The third kappa shape index (κ3) is 6.03. The Bertz CT molecular complexity index is 1370. The van der Waals surface area contributed by atoms with Crippen molar-refractivity contribution in [1.82, 2.24) is 0 Å². The van der Waals surface area contributed by atoms with E-state index < -0.39 is 23.6 Å². The molecule has 0 aliphatic carbocycles. The Morgan fingerprint density at radius 3 is 2.38 bits per heavy atom. The summed E-state index contributed by atoms with van der Waals surface area (Å²) < 4.78 is 18.9. The smallest absolute Gasteiger partial charge is 0.338 e. The summed E-state index contributed by atoms with van der Waals surface area (Å²) in [6, 6.07) is 17.6. The molecular weight excluding hydrogens is 515 g/mol. The minimum atomic E-state index is -0.598. The van der Waals surface area contributed by atoms with Gasteiger partial charge in [0, 0.05) is 10.6 Å². The Morgan fingerprint density at radius 1 is 1.03 bits per heavy atom.